The molecule has 0 amide bonds. The van der Waals surface area contributed by atoms with E-state index in [0.717, 1.165) is 13.0 Å². The van der Waals surface area contributed by atoms with Crippen LogP contribution >= 0.6 is 12.2 Å². The highest BCUT2D eigenvalue weighted by Gasteiger charge is 2.06. The van der Waals surface area contributed by atoms with E-state index in [0.29, 0.717) is 17.8 Å². The Morgan fingerprint density at radius 3 is 2.27 bits per heavy atom. The van der Waals surface area contributed by atoms with Crippen LogP contribution in [0.1, 0.15) is 20.3 Å². The van der Waals surface area contributed by atoms with E-state index in [1.165, 1.54) is 0 Å². The standard InChI is InChI=1S/C10H22N2O2S/c1-8(5-6-13-3)11-10(15)12-9(2)7-14-4/h8-9H,5-7H2,1-4H3,(H2,11,12,15). The van der Waals surface area contributed by atoms with E-state index >= 15 is 0 Å². The van der Waals surface area contributed by atoms with E-state index in [-0.39, 0.29) is 6.04 Å². The van der Waals surface area contributed by atoms with Crippen molar-refractivity contribution in [3.05, 3.63) is 0 Å². The van der Waals surface area contributed by atoms with Crippen LogP contribution in [0.15, 0.2) is 0 Å². The summed E-state index contributed by atoms with van der Waals surface area (Å²) in [6.07, 6.45) is 0.941. The Kier molecular flexibility index (Phi) is 8.65. The predicted octanol–water partition coefficient (Wildman–Crippen LogP) is 0.910. The van der Waals surface area contributed by atoms with Gasteiger partial charge in [-0.3, -0.25) is 0 Å². The third kappa shape index (κ3) is 8.59. The van der Waals surface area contributed by atoms with Crippen LogP contribution in [0, 0.1) is 0 Å². The fourth-order valence-electron chi connectivity index (χ4n) is 1.15. The Bertz CT molecular complexity index is 179. The van der Waals surface area contributed by atoms with Crippen LogP contribution < -0.4 is 10.6 Å². The van der Waals surface area contributed by atoms with Crippen molar-refractivity contribution in [2.24, 2.45) is 0 Å². The average Bonchev–Trinajstić information content (AvgIpc) is 2.14. The molecule has 0 aliphatic carbocycles. The van der Waals surface area contributed by atoms with Crippen LogP contribution in [0.5, 0.6) is 0 Å². The van der Waals surface area contributed by atoms with E-state index in [2.05, 4.69) is 17.6 Å². The first-order chi connectivity index (χ1) is 7.10. The first-order valence-electron chi connectivity index (χ1n) is 5.15. The van der Waals surface area contributed by atoms with Crippen LogP contribution in [-0.2, 0) is 9.47 Å². The highest BCUT2D eigenvalue weighted by Crippen LogP contribution is 1.91. The minimum Gasteiger partial charge on any atom is -0.385 e. The maximum atomic E-state index is 5.15. The van der Waals surface area contributed by atoms with Crippen molar-refractivity contribution in [3.63, 3.8) is 0 Å². The number of methoxy groups -OCH3 is 2. The molecule has 0 aromatic heterocycles. The minimum absolute atomic E-state index is 0.227. The molecule has 0 aromatic carbocycles. The number of thiocarbonyl (C=S) groups is 1. The van der Waals surface area contributed by atoms with Gasteiger partial charge in [0.2, 0.25) is 0 Å². The van der Waals surface area contributed by atoms with Crippen LogP contribution in [0.2, 0.25) is 0 Å². The van der Waals surface area contributed by atoms with Gasteiger partial charge in [0, 0.05) is 32.9 Å². The Labute approximate surface area is 97.7 Å². The number of hydrogen-bond donors (Lipinski definition) is 2. The SMILES string of the molecule is COCCC(C)NC(=S)NC(C)COC. The summed E-state index contributed by atoms with van der Waals surface area (Å²) in [4.78, 5) is 0. The van der Waals surface area contributed by atoms with Gasteiger partial charge in [-0.1, -0.05) is 0 Å². The zero-order valence-electron chi connectivity index (χ0n) is 10.0. The molecule has 0 heterocycles. The summed E-state index contributed by atoms with van der Waals surface area (Å²) in [5, 5.41) is 7.00. The van der Waals surface area contributed by atoms with Gasteiger partial charge in [0.25, 0.3) is 0 Å². The van der Waals surface area contributed by atoms with Gasteiger partial charge in [-0.05, 0) is 32.5 Å². The Morgan fingerprint density at radius 2 is 1.73 bits per heavy atom. The maximum Gasteiger partial charge on any atom is 0.166 e. The number of hydrogen-bond acceptors (Lipinski definition) is 3. The van der Waals surface area contributed by atoms with Gasteiger partial charge in [-0.25, -0.2) is 0 Å². The van der Waals surface area contributed by atoms with Crippen LogP contribution in [0.25, 0.3) is 0 Å². The van der Waals surface area contributed by atoms with Gasteiger partial charge in [-0.2, -0.15) is 0 Å². The molecule has 4 nitrogen and oxygen atoms in total. The normalized spacial score (nSPS) is 14.4. The fourth-order valence-corrected chi connectivity index (χ4v) is 1.55. The maximum absolute atomic E-state index is 5.15. The number of rotatable bonds is 7. The van der Waals surface area contributed by atoms with Crippen LogP contribution in [0.4, 0.5) is 0 Å². The van der Waals surface area contributed by atoms with Gasteiger partial charge in [-0.15, -0.1) is 0 Å². The highest BCUT2D eigenvalue weighted by molar-refractivity contribution is 7.80. The summed E-state index contributed by atoms with van der Waals surface area (Å²) in [5.41, 5.74) is 0. The molecule has 2 atom stereocenters. The van der Waals surface area contributed by atoms with E-state index < -0.39 is 0 Å². The Morgan fingerprint density at radius 1 is 1.13 bits per heavy atom. The molecular weight excluding hydrogens is 212 g/mol. The lowest BCUT2D eigenvalue weighted by Crippen LogP contribution is -2.45. The molecule has 15 heavy (non-hydrogen) atoms. The van der Waals surface area contributed by atoms with Gasteiger partial charge in [0.1, 0.15) is 0 Å². The van der Waals surface area contributed by atoms with Gasteiger partial charge >= 0.3 is 0 Å². The van der Waals surface area contributed by atoms with Gasteiger partial charge in [0.05, 0.1) is 6.61 Å². The molecule has 0 aliphatic heterocycles. The number of nitrogens with one attached hydrogen (secondary N) is 2. The summed E-state index contributed by atoms with van der Waals surface area (Å²) in [6, 6.07) is 0.546. The molecule has 0 aliphatic rings. The van der Waals surface area contributed by atoms with Gasteiger partial charge in [0.15, 0.2) is 5.11 Å². The zero-order valence-corrected chi connectivity index (χ0v) is 10.8. The summed E-state index contributed by atoms with van der Waals surface area (Å²) in [7, 11) is 3.37. The molecule has 0 spiro atoms. The summed E-state index contributed by atoms with van der Waals surface area (Å²) < 4.78 is 9.99. The second-order valence-corrected chi connectivity index (χ2v) is 4.06. The lowest BCUT2D eigenvalue weighted by molar-refractivity contribution is 0.178. The van der Waals surface area contributed by atoms with Crippen molar-refractivity contribution in [1.82, 2.24) is 10.6 Å². The van der Waals surface area contributed by atoms with E-state index in [1.807, 2.05) is 6.92 Å². The lowest BCUT2D eigenvalue weighted by atomic mass is 10.2. The smallest absolute Gasteiger partial charge is 0.166 e. The lowest BCUT2D eigenvalue weighted by Gasteiger charge is -2.19. The van der Waals surface area contributed by atoms with Crippen molar-refractivity contribution in [2.75, 3.05) is 27.4 Å². The van der Waals surface area contributed by atoms with Crippen LogP contribution in [0.3, 0.4) is 0 Å². The third-order valence-corrected chi connectivity index (χ3v) is 2.16. The zero-order chi connectivity index (χ0) is 11.7. The molecule has 0 radical (unpaired) electrons. The topological polar surface area (TPSA) is 42.5 Å². The molecule has 2 N–H and O–H groups in total. The largest absolute Gasteiger partial charge is 0.385 e. The molecule has 0 saturated heterocycles. The van der Waals surface area contributed by atoms with Crippen molar-refractivity contribution >= 4 is 17.3 Å². The minimum atomic E-state index is 0.227. The second kappa shape index (κ2) is 8.88. The molecule has 5 heteroatoms. The molecule has 0 fully saturated rings. The monoisotopic (exact) mass is 234 g/mol. The molecule has 2 unspecified atom stereocenters. The predicted molar refractivity (Wildman–Crippen MR) is 66.2 cm³/mol. The molecule has 0 aromatic rings. The first-order valence-corrected chi connectivity index (χ1v) is 5.55. The van der Waals surface area contributed by atoms with E-state index in [4.69, 9.17) is 21.7 Å². The second-order valence-electron chi connectivity index (χ2n) is 3.66. The van der Waals surface area contributed by atoms with E-state index in [1.54, 1.807) is 14.2 Å². The summed E-state index contributed by atoms with van der Waals surface area (Å²) >= 11 is 5.15. The first kappa shape index (κ1) is 14.6. The summed E-state index contributed by atoms with van der Waals surface area (Å²) in [5.74, 6) is 0. The van der Waals surface area contributed by atoms with Crippen molar-refractivity contribution < 1.29 is 9.47 Å². The van der Waals surface area contributed by atoms with Crippen molar-refractivity contribution in [1.29, 1.82) is 0 Å². The van der Waals surface area contributed by atoms with Crippen LogP contribution in [-0.4, -0.2) is 44.6 Å². The van der Waals surface area contributed by atoms with E-state index in [9.17, 15) is 0 Å². The molecule has 0 bridgehead atoms. The molecule has 0 saturated carbocycles. The molecular formula is C10H22N2O2S. The number of ether oxygens (including phenoxy) is 2. The highest BCUT2D eigenvalue weighted by atomic mass is 32.1. The average molecular weight is 234 g/mol. The Balaban J connectivity index is 3.63. The van der Waals surface area contributed by atoms with Gasteiger partial charge < -0.3 is 20.1 Å². The molecule has 0 rings (SSSR count). The van der Waals surface area contributed by atoms with Crippen molar-refractivity contribution in [3.8, 4) is 0 Å². The van der Waals surface area contributed by atoms with Crippen molar-refractivity contribution in [2.45, 2.75) is 32.4 Å². The quantitative estimate of drug-likeness (QED) is 0.641. The fraction of sp³-hybridized carbons (Fsp3) is 0.900. The summed E-state index contributed by atoms with van der Waals surface area (Å²) in [6.45, 7) is 5.49. The molecule has 90 valence electrons. The Hall–Kier alpha value is -0.390. The third-order valence-electron chi connectivity index (χ3n) is 1.93.